The highest BCUT2D eigenvalue weighted by Crippen LogP contribution is 2.28. The van der Waals surface area contributed by atoms with E-state index in [-0.39, 0.29) is 23.6 Å². The molecule has 11 heteroatoms. The van der Waals surface area contributed by atoms with Gasteiger partial charge in [-0.05, 0) is 77.6 Å². The van der Waals surface area contributed by atoms with E-state index in [0.29, 0.717) is 42.8 Å². The lowest BCUT2D eigenvalue weighted by Crippen LogP contribution is -2.39. The van der Waals surface area contributed by atoms with Crippen LogP contribution in [0.4, 0.5) is 11.4 Å². The Morgan fingerprint density at radius 3 is 2.68 bits per heavy atom. The van der Waals surface area contributed by atoms with Gasteiger partial charge < -0.3 is 20.5 Å². The van der Waals surface area contributed by atoms with Gasteiger partial charge in [0.15, 0.2) is 0 Å². The van der Waals surface area contributed by atoms with Crippen molar-refractivity contribution in [2.24, 2.45) is 9.98 Å². The average molecular weight is 603 g/mol. The van der Waals surface area contributed by atoms with Crippen LogP contribution in [0.1, 0.15) is 70.3 Å². The molecule has 0 aromatic carbocycles. The fraction of sp³-hybridized carbons (Fsp3) is 0.515. The van der Waals surface area contributed by atoms with Gasteiger partial charge in [0.1, 0.15) is 6.29 Å². The number of aliphatic imine (C=N–C) groups is 2. The molecule has 2 aromatic rings. The molecule has 5 heterocycles. The summed E-state index contributed by atoms with van der Waals surface area (Å²) in [4.78, 5) is 39.4. The van der Waals surface area contributed by atoms with Gasteiger partial charge in [-0.25, -0.2) is 0 Å². The van der Waals surface area contributed by atoms with Crippen molar-refractivity contribution in [1.29, 1.82) is 0 Å². The summed E-state index contributed by atoms with van der Waals surface area (Å²) in [7, 11) is 1.81. The number of aryl methyl sites for hydroxylation is 2. The van der Waals surface area contributed by atoms with Crippen LogP contribution in [0.2, 0.25) is 0 Å². The highest BCUT2D eigenvalue weighted by molar-refractivity contribution is 6.21. The molecule has 2 unspecified atom stereocenters. The summed E-state index contributed by atoms with van der Waals surface area (Å²) in [5, 5.41) is 20.7. The minimum Gasteiger partial charge on any atom is -0.393 e. The van der Waals surface area contributed by atoms with Crippen LogP contribution in [0.5, 0.6) is 0 Å². The zero-order chi connectivity index (χ0) is 31.9. The highest BCUT2D eigenvalue weighted by atomic mass is 16.3. The Morgan fingerprint density at radius 1 is 1.20 bits per heavy atom. The molecule has 3 aliphatic rings. The van der Waals surface area contributed by atoms with Crippen molar-refractivity contribution in [3.05, 3.63) is 52.6 Å². The molecule has 3 aliphatic heterocycles. The van der Waals surface area contributed by atoms with Gasteiger partial charge in [0, 0.05) is 43.5 Å². The Morgan fingerprint density at radius 2 is 2.00 bits per heavy atom. The second-order valence-corrected chi connectivity index (χ2v) is 12.1. The topological polar surface area (TPSA) is 137 Å². The van der Waals surface area contributed by atoms with Crippen LogP contribution in [-0.4, -0.2) is 87.2 Å². The molecule has 1 amide bonds. The standard InChI is InChI=1S/C25H31N7O2.C8H15NO/c1-5-17-8-23(21-14-30-32-7-6-19(33)10-24(21)32)29-11-15(2)20(13-28-17)25(34)31-22-9-18(26-4)12-27-16(22)3;1-8(2)4-3-5-9(8)6-7-10/h8-9,11-14,17,19,26,33H,5-7,10H2,1-4H3,(H,31,34);7H,3-6H2,1-2H3/b20-15-,23-8-,28-13?,29-11-;. The van der Waals surface area contributed by atoms with Crippen LogP contribution < -0.4 is 10.6 Å². The maximum Gasteiger partial charge on any atom is 0.257 e. The Hall–Kier alpha value is -3.96. The van der Waals surface area contributed by atoms with E-state index in [9.17, 15) is 14.7 Å². The number of aliphatic hydroxyl groups is 1. The van der Waals surface area contributed by atoms with E-state index >= 15 is 0 Å². The molecular weight excluding hydrogens is 556 g/mol. The number of nitrogens with one attached hydrogen (secondary N) is 2. The molecule has 0 bridgehead atoms. The Bertz CT molecular complexity index is 1470. The van der Waals surface area contributed by atoms with Crippen molar-refractivity contribution in [2.45, 2.75) is 91.0 Å². The second-order valence-electron chi connectivity index (χ2n) is 12.1. The lowest BCUT2D eigenvalue weighted by Gasteiger charge is -2.29. The molecule has 1 saturated heterocycles. The van der Waals surface area contributed by atoms with Gasteiger partial charge >= 0.3 is 0 Å². The van der Waals surface area contributed by atoms with Crippen LogP contribution >= 0.6 is 0 Å². The first-order valence-corrected chi connectivity index (χ1v) is 15.4. The Labute approximate surface area is 260 Å². The normalized spacial score (nSPS) is 24.8. The number of pyridine rings is 1. The van der Waals surface area contributed by atoms with Crippen molar-refractivity contribution < 1.29 is 14.7 Å². The van der Waals surface area contributed by atoms with Gasteiger partial charge in [-0.1, -0.05) is 6.92 Å². The molecule has 0 radical (unpaired) electrons. The predicted molar refractivity (Wildman–Crippen MR) is 176 cm³/mol. The molecular formula is C33H46N8O3. The molecule has 0 aliphatic carbocycles. The number of hydrogen-bond acceptors (Lipinski definition) is 9. The van der Waals surface area contributed by atoms with Crippen LogP contribution in [0.25, 0.3) is 5.70 Å². The molecule has 0 spiro atoms. The quantitative estimate of drug-likeness (QED) is 0.404. The van der Waals surface area contributed by atoms with Crippen molar-refractivity contribution in [3.8, 4) is 0 Å². The molecule has 0 saturated carbocycles. The number of rotatable bonds is 7. The summed E-state index contributed by atoms with van der Waals surface area (Å²) in [6.45, 7) is 12.5. The summed E-state index contributed by atoms with van der Waals surface area (Å²) in [5.74, 6) is -0.268. The van der Waals surface area contributed by atoms with E-state index in [4.69, 9.17) is 9.98 Å². The first-order valence-electron chi connectivity index (χ1n) is 15.4. The van der Waals surface area contributed by atoms with E-state index in [1.165, 1.54) is 12.8 Å². The largest absolute Gasteiger partial charge is 0.393 e. The van der Waals surface area contributed by atoms with E-state index in [2.05, 4.69) is 39.5 Å². The zero-order valence-corrected chi connectivity index (χ0v) is 26.8. The van der Waals surface area contributed by atoms with Crippen LogP contribution in [0, 0.1) is 6.92 Å². The lowest BCUT2D eigenvalue weighted by atomic mass is 10.0. The molecule has 5 rings (SSSR count). The Kier molecular flexibility index (Phi) is 11.0. The van der Waals surface area contributed by atoms with Gasteiger partial charge in [0.25, 0.3) is 5.91 Å². The molecule has 236 valence electrons. The average Bonchev–Trinajstić information content (AvgIpc) is 3.58. The first kappa shape index (κ1) is 32.9. The number of carbonyl (C=O) groups excluding carboxylic acids is 2. The summed E-state index contributed by atoms with van der Waals surface area (Å²) in [6, 6.07) is 1.70. The smallest absolute Gasteiger partial charge is 0.257 e. The van der Waals surface area contributed by atoms with E-state index in [1.807, 2.05) is 43.8 Å². The number of allylic oxidation sites excluding steroid dienone is 1. The summed E-state index contributed by atoms with van der Waals surface area (Å²) in [5.41, 5.74) is 6.20. The number of likely N-dealkylation sites (tertiary alicyclic amines) is 1. The van der Waals surface area contributed by atoms with Crippen molar-refractivity contribution in [1.82, 2.24) is 19.7 Å². The lowest BCUT2D eigenvalue weighted by molar-refractivity contribution is -0.112. The van der Waals surface area contributed by atoms with Gasteiger partial charge in [-0.3, -0.25) is 29.3 Å². The van der Waals surface area contributed by atoms with Gasteiger partial charge in [0.2, 0.25) is 0 Å². The molecule has 44 heavy (non-hydrogen) atoms. The summed E-state index contributed by atoms with van der Waals surface area (Å²) in [6.07, 6.45) is 13.9. The molecule has 2 atom stereocenters. The number of carbonyl (C=O) groups is 2. The maximum atomic E-state index is 13.2. The molecule has 11 nitrogen and oxygen atoms in total. The third-order valence-electron chi connectivity index (χ3n) is 8.55. The SMILES string of the molecule is CC1(C)CCCN1CC=O.CCC1\C=C(c2cnn3c2CC(O)CC3)/N=C\C(C)=C(/C(=O)Nc2cc(NC)cnc2C)C=N1. The Balaban J connectivity index is 0.000000375. The van der Waals surface area contributed by atoms with E-state index < -0.39 is 0 Å². The minimum atomic E-state index is -0.375. The fourth-order valence-corrected chi connectivity index (χ4v) is 5.60. The monoisotopic (exact) mass is 602 g/mol. The number of nitrogens with zero attached hydrogens (tertiary/aromatic N) is 6. The summed E-state index contributed by atoms with van der Waals surface area (Å²) < 4.78 is 1.94. The van der Waals surface area contributed by atoms with Crippen molar-refractivity contribution >= 4 is 41.7 Å². The number of aliphatic hydroxyl groups excluding tert-OH is 1. The number of anilines is 2. The third kappa shape index (κ3) is 7.95. The third-order valence-corrected chi connectivity index (χ3v) is 8.55. The minimum absolute atomic E-state index is 0.152. The second kappa shape index (κ2) is 14.7. The van der Waals surface area contributed by atoms with Crippen molar-refractivity contribution in [2.75, 3.05) is 30.8 Å². The zero-order valence-electron chi connectivity index (χ0n) is 26.8. The number of hydrogen-bond donors (Lipinski definition) is 3. The number of aromatic nitrogens is 3. The molecule has 3 N–H and O–H groups in total. The molecule has 1 fully saturated rings. The fourth-order valence-electron chi connectivity index (χ4n) is 5.60. The highest BCUT2D eigenvalue weighted by Gasteiger charge is 2.31. The first-order chi connectivity index (χ1) is 21.1. The van der Waals surface area contributed by atoms with Gasteiger partial charge in [-0.15, -0.1) is 0 Å². The molecule has 2 aromatic heterocycles. The number of fused-ring (bicyclic) bond motifs is 1. The predicted octanol–water partition coefficient (Wildman–Crippen LogP) is 4.22. The maximum absolute atomic E-state index is 13.2. The number of aldehydes is 1. The van der Waals surface area contributed by atoms with E-state index in [0.717, 1.165) is 47.6 Å². The van der Waals surface area contributed by atoms with Crippen LogP contribution in [0.3, 0.4) is 0 Å². The summed E-state index contributed by atoms with van der Waals surface area (Å²) >= 11 is 0. The van der Waals surface area contributed by atoms with Gasteiger partial charge in [-0.2, -0.15) is 5.10 Å². The van der Waals surface area contributed by atoms with Crippen molar-refractivity contribution in [3.63, 3.8) is 0 Å². The van der Waals surface area contributed by atoms with Crippen LogP contribution in [-0.2, 0) is 22.6 Å². The van der Waals surface area contributed by atoms with Crippen LogP contribution in [0.15, 0.2) is 45.7 Å². The number of amides is 1. The van der Waals surface area contributed by atoms with Gasteiger partial charge in [0.05, 0.1) is 65.1 Å². The van der Waals surface area contributed by atoms with E-state index in [1.54, 1.807) is 25.7 Å².